The summed E-state index contributed by atoms with van der Waals surface area (Å²) in [7, 11) is -1.40. The Bertz CT molecular complexity index is 1180. The third-order valence-electron chi connectivity index (χ3n) is 5.80. The summed E-state index contributed by atoms with van der Waals surface area (Å²) in [6.07, 6.45) is 4.88. The molecule has 0 spiro atoms. The Kier molecular flexibility index (Phi) is 6.91. The van der Waals surface area contributed by atoms with Crippen LogP contribution in [0.25, 0.3) is 11.0 Å². The van der Waals surface area contributed by atoms with Gasteiger partial charge in [-0.2, -0.15) is 0 Å². The molecule has 0 aliphatic heterocycles. The fourth-order valence-electron chi connectivity index (χ4n) is 4.16. The lowest BCUT2D eigenvalue weighted by Crippen LogP contribution is -2.21. The summed E-state index contributed by atoms with van der Waals surface area (Å²) in [4.78, 5) is 4.72. The van der Waals surface area contributed by atoms with Crippen LogP contribution in [-0.4, -0.2) is 29.6 Å². The Labute approximate surface area is 189 Å². The summed E-state index contributed by atoms with van der Waals surface area (Å²) in [6.45, 7) is 0. The highest BCUT2D eigenvalue weighted by atomic mass is 35.5. The van der Waals surface area contributed by atoms with Crippen molar-refractivity contribution in [3.05, 3.63) is 59.4 Å². The van der Waals surface area contributed by atoms with E-state index in [0.717, 1.165) is 48.1 Å². The lowest BCUT2D eigenvalue weighted by molar-refractivity contribution is 0.563. The molecule has 1 saturated carbocycles. The van der Waals surface area contributed by atoms with Gasteiger partial charge in [0.25, 0.3) is 0 Å². The average molecular weight is 462 g/mol. The Balaban J connectivity index is 0.00000272. The molecular weight excluding hydrogens is 434 g/mol. The molecule has 0 atom stereocenters. The summed E-state index contributed by atoms with van der Waals surface area (Å²) < 4.78 is 29.8. The number of nitrogen functional groups attached to an aromatic ring is 1. The molecule has 3 aromatic rings. The number of nitrogens with zero attached hydrogens (tertiary/aromatic N) is 2. The summed E-state index contributed by atoms with van der Waals surface area (Å²) in [5.74, 6) is 1.38. The highest BCUT2D eigenvalue weighted by Gasteiger charge is 2.22. The number of benzene rings is 2. The standard InChI is InChI=1S/C22H27N5O2S.ClH/c1-27-20-11-10-18(26-30(28,29)14-16-4-2-3-5-16)13-19(20)25-21(27)12-15-6-8-17(9-7-15)22(23)24;/h6-11,13,16,26H,2-5,12,14H2,1H3,(H3,23,24);1H. The first kappa shape index (κ1) is 23.1. The fraction of sp³-hybridized carbons (Fsp3) is 0.364. The van der Waals surface area contributed by atoms with Crippen molar-refractivity contribution in [2.45, 2.75) is 32.1 Å². The topological polar surface area (TPSA) is 114 Å². The van der Waals surface area contributed by atoms with Crippen LogP contribution in [0.4, 0.5) is 5.69 Å². The predicted octanol–water partition coefficient (Wildman–Crippen LogP) is 3.80. The molecule has 0 amide bonds. The van der Waals surface area contributed by atoms with Gasteiger partial charge in [-0.25, -0.2) is 13.4 Å². The number of hydrogen-bond donors (Lipinski definition) is 3. The molecule has 31 heavy (non-hydrogen) atoms. The van der Waals surface area contributed by atoms with Gasteiger partial charge in [-0.3, -0.25) is 10.1 Å². The van der Waals surface area contributed by atoms with Crippen molar-refractivity contribution in [2.75, 3.05) is 10.5 Å². The zero-order valence-electron chi connectivity index (χ0n) is 17.5. The van der Waals surface area contributed by atoms with Crippen LogP contribution in [0.1, 0.15) is 42.6 Å². The molecule has 1 heterocycles. The van der Waals surface area contributed by atoms with Crippen LogP contribution in [0.5, 0.6) is 0 Å². The van der Waals surface area contributed by atoms with E-state index >= 15 is 0 Å². The number of sulfonamides is 1. The minimum Gasteiger partial charge on any atom is -0.384 e. The van der Waals surface area contributed by atoms with Crippen molar-refractivity contribution in [3.63, 3.8) is 0 Å². The van der Waals surface area contributed by atoms with Crippen LogP contribution in [0, 0.1) is 11.3 Å². The maximum absolute atomic E-state index is 12.5. The Hall–Kier alpha value is -2.58. The molecule has 9 heteroatoms. The number of nitrogens with one attached hydrogen (secondary N) is 2. The molecule has 0 radical (unpaired) electrons. The van der Waals surface area contributed by atoms with Gasteiger partial charge in [0.2, 0.25) is 10.0 Å². The van der Waals surface area contributed by atoms with Gasteiger partial charge in [0.15, 0.2) is 0 Å². The molecule has 4 rings (SSSR count). The highest BCUT2D eigenvalue weighted by Crippen LogP contribution is 2.27. The Morgan fingerprint density at radius 3 is 2.52 bits per heavy atom. The lowest BCUT2D eigenvalue weighted by Gasteiger charge is -2.12. The number of fused-ring (bicyclic) bond motifs is 1. The third-order valence-corrected chi connectivity index (χ3v) is 7.26. The van der Waals surface area contributed by atoms with Crippen LogP contribution in [0.2, 0.25) is 0 Å². The van der Waals surface area contributed by atoms with Crippen LogP contribution in [-0.2, 0) is 23.5 Å². The summed E-state index contributed by atoms with van der Waals surface area (Å²) in [5.41, 5.74) is 9.53. The largest absolute Gasteiger partial charge is 0.384 e. The first-order valence-corrected chi connectivity index (χ1v) is 11.8. The van der Waals surface area contributed by atoms with Crippen LogP contribution < -0.4 is 10.5 Å². The number of imidazole rings is 1. The lowest BCUT2D eigenvalue weighted by atomic mass is 10.1. The summed E-state index contributed by atoms with van der Waals surface area (Å²) >= 11 is 0. The number of anilines is 1. The first-order chi connectivity index (χ1) is 14.3. The van der Waals surface area contributed by atoms with Crippen molar-refractivity contribution >= 4 is 45.0 Å². The summed E-state index contributed by atoms with van der Waals surface area (Å²) in [6, 6.07) is 13.0. The van der Waals surface area contributed by atoms with Crippen molar-refractivity contribution in [3.8, 4) is 0 Å². The first-order valence-electron chi connectivity index (χ1n) is 10.2. The van der Waals surface area contributed by atoms with E-state index in [2.05, 4.69) is 4.72 Å². The molecule has 2 aromatic carbocycles. The van der Waals surface area contributed by atoms with Crippen LogP contribution in [0.3, 0.4) is 0 Å². The average Bonchev–Trinajstić information content (AvgIpc) is 3.29. The zero-order chi connectivity index (χ0) is 21.3. The number of rotatable bonds is 7. The van der Waals surface area contributed by atoms with Crippen LogP contribution in [0.15, 0.2) is 42.5 Å². The van der Waals surface area contributed by atoms with Gasteiger partial charge in [0, 0.05) is 19.0 Å². The number of halogens is 1. The van der Waals surface area contributed by atoms with E-state index in [9.17, 15) is 8.42 Å². The van der Waals surface area contributed by atoms with E-state index in [4.69, 9.17) is 16.1 Å². The second-order valence-corrected chi connectivity index (χ2v) is 9.88. The Morgan fingerprint density at radius 1 is 1.19 bits per heavy atom. The van der Waals surface area contributed by atoms with E-state index in [1.54, 1.807) is 12.1 Å². The highest BCUT2D eigenvalue weighted by molar-refractivity contribution is 7.92. The van der Waals surface area contributed by atoms with Crippen LogP contribution >= 0.6 is 12.4 Å². The number of aromatic nitrogens is 2. The molecule has 1 aromatic heterocycles. The second kappa shape index (κ2) is 9.28. The smallest absolute Gasteiger partial charge is 0.232 e. The summed E-state index contributed by atoms with van der Waals surface area (Å²) in [5, 5.41) is 7.49. The molecule has 0 saturated heterocycles. The molecule has 4 N–H and O–H groups in total. The van der Waals surface area contributed by atoms with Gasteiger partial charge in [0.05, 0.1) is 22.5 Å². The number of hydrogen-bond acceptors (Lipinski definition) is 4. The van der Waals surface area contributed by atoms with E-state index in [1.807, 2.05) is 41.9 Å². The quantitative estimate of drug-likeness (QED) is 0.366. The SMILES string of the molecule is Cl.Cn1c(Cc2ccc(C(=N)N)cc2)nc2cc(NS(=O)(=O)CC3CCCC3)ccc21. The zero-order valence-corrected chi connectivity index (χ0v) is 19.1. The molecule has 7 nitrogen and oxygen atoms in total. The molecule has 1 aliphatic rings. The van der Waals surface area contributed by atoms with Gasteiger partial charge in [-0.15, -0.1) is 12.4 Å². The number of aryl methyl sites for hydroxylation is 1. The van der Waals surface area contributed by atoms with E-state index in [1.165, 1.54) is 0 Å². The van der Waals surface area contributed by atoms with E-state index < -0.39 is 10.0 Å². The van der Waals surface area contributed by atoms with E-state index in [0.29, 0.717) is 17.7 Å². The fourth-order valence-corrected chi connectivity index (χ4v) is 5.69. The normalized spacial score (nSPS) is 14.5. The van der Waals surface area contributed by atoms with Gasteiger partial charge in [0.1, 0.15) is 11.7 Å². The second-order valence-electron chi connectivity index (χ2n) is 8.11. The van der Waals surface area contributed by atoms with Gasteiger partial charge in [-0.1, -0.05) is 37.1 Å². The van der Waals surface area contributed by atoms with Crippen molar-refractivity contribution in [1.82, 2.24) is 9.55 Å². The van der Waals surface area contributed by atoms with Gasteiger partial charge >= 0.3 is 0 Å². The number of amidine groups is 1. The number of nitrogens with two attached hydrogens (primary N) is 1. The van der Waals surface area contributed by atoms with Crippen molar-refractivity contribution in [2.24, 2.45) is 18.7 Å². The van der Waals surface area contributed by atoms with Gasteiger partial charge < -0.3 is 10.3 Å². The van der Waals surface area contributed by atoms with Crippen molar-refractivity contribution in [1.29, 1.82) is 5.41 Å². The Morgan fingerprint density at radius 2 is 1.87 bits per heavy atom. The third kappa shape index (κ3) is 5.37. The monoisotopic (exact) mass is 461 g/mol. The molecule has 1 aliphatic carbocycles. The molecule has 1 fully saturated rings. The maximum Gasteiger partial charge on any atom is 0.232 e. The minimum atomic E-state index is -3.36. The molecule has 166 valence electrons. The maximum atomic E-state index is 12.5. The molecule has 0 unspecified atom stereocenters. The van der Waals surface area contributed by atoms with Gasteiger partial charge in [-0.05, 0) is 42.5 Å². The minimum absolute atomic E-state index is 0. The van der Waals surface area contributed by atoms with E-state index in [-0.39, 0.29) is 29.9 Å². The molecule has 0 bridgehead atoms. The predicted molar refractivity (Wildman–Crippen MR) is 128 cm³/mol. The van der Waals surface area contributed by atoms with Crippen molar-refractivity contribution < 1.29 is 8.42 Å². The molecular formula is C22H28ClN5O2S.